The van der Waals surface area contributed by atoms with Crippen LogP contribution >= 0.6 is 0 Å². The topological polar surface area (TPSA) is 111 Å². The van der Waals surface area contributed by atoms with Gasteiger partial charge in [0.25, 0.3) is 0 Å². The molecule has 1 saturated heterocycles. The molecule has 0 radical (unpaired) electrons. The van der Waals surface area contributed by atoms with E-state index in [2.05, 4.69) is 20.5 Å². The van der Waals surface area contributed by atoms with Crippen LogP contribution in [-0.4, -0.2) is 78.5 Å². The van der Waals surface area contributed by atoms with Crippen molar-refractivity contribution in [3.8, 4) is 0 Å². The maximum atomic E-state index is 13.1. The lowest BCUT2D eigenvalue weighted by Gasteiger charge is -2.37. The average Bonchev–Trinajstić information content (AvgIpc) is 3.07. The van der Waals surface area contributed by atoms with Crippen LogP contribution in [0.15, 0.2) is 29.2 Å². The number of carbonyl (C=O) groups is 1. The third-order valence-corrected chi connectivity index (χ3v) is 6.87. The van der Waals surface area contributed by atoms with Crippen molar-refractivity contribution < 1.29 is 13.2 Å². The first-order valence-electron chi connectivity index (χ1n) is 9.56. The third kappa shape index (κ3) is 5.01. The van der Waals surface area contributed by atoms with Crippen LogP contribution in [0, 0.1) is 13.8 Å². The molecule has 1 amide bonds. The quantitative estimate of drug-likeness (QED) is 0.710. The smallest absolute Gasteiger partial charge is 0.243 e. The average molecular weight is 421 g/mol. The van der Waals surface area contributed by atoms with E-state index in [1.807, 2.05) is 27.9 Å². The molecule has 0 unspecified atom stereocenters. The van der Waals surface area contributed by atoms with Crippen molar-refractivity contribution in [1.29, 1.82) is 0 Å². The van der Waals surface area contributed by atoms with E-state index in [1.165, 1.54) is 4.31 Å². The summed E-state index contributed by atoms with van der Waals surface area (Å²) in [5, 5.41) is 10.1. The summed E-state index contributed by atoms with van der Waals surface area (Å²) < 4.78 is 27.7. The van der Waals surface area contributed by atoms with Gasteiger partial charge < -0.3 is 10.2 Å². The van der Waals surface area contributed by atoms with Gasteiger partial charge in [0, 0.05) is 19.0 Å². The highest BCUT2D eigenvalue weighted by atomic mass is 32.2. The number of hydrogen-bond donors (Lipinski definition) is 2. The third-order valence-electron chi connectivity index (χ3n) is 4.99. The first-order chi connectivity index (χ1) is 13.7. The molecule has 0 saturated carbocycles. The Bertz CT molecular complexity index is 955. The molecule has 1 aromatic heterocycles. The molecule has 2 N–H and O–H groups in total. The number of carbonyl (C=O) groups excluding carboxylic acids is 1. The maximum absolute atomic E-state index is 13.1. The molecular weight excluding hydrogens is 392 g/mol. The summed E-state index contributed by atoms with van der Waals surface area (Å²) in [4.78, 5) is 18.8. The maximum Gasteiger partial charge on any atom is 0.243 e. The summed E-state index contributed by atoms with van der Waals surface area (Å²) in [5.74, 6) is 0.973. The predicted octanol–water partition coefficient (Wildman–Crippen LogP) is 0.646. The van der Waals surface area contributed by atoms with Gasteiger partial charge in [-0.2, -0.15) is 9.40 Å². The van der Waals surface area contributed by atoms with E-state index in [-0.39, 0.29) is 29.8 Å². The van der Waals surface area contributed by atoms with E-state index < -0.39 is 16.1 Å². The van der Waals surface area contributed by atoms with Crippen LogP contribution in [0.4, 0.5) is 0 Å². The number of rotatable bonds is 6. The van der Waals surface area contributed by atoms with Crippen LogP contribution in [0.5, 0.6) is 0 Å². The summed E-state index contributed by atoms with van der Waals surface area (Å²) in [6.07, 6.45) is 0.523. The van der Waals surface area contributed by atoms with Crippen molar-refractivity contribution in [2.24, 2.45) is 0 Å². The fourth-order valence-corrected chi connectivity index (χ4v) is 5.00. The van der Waals surface area contributed by atoms with E-state index in [1.54, 1.807) is 29.2 Å². The number of aromatic amines is 1. The highest BCUT2D eigenvalue weighted by molar-refractivity contribution is 7.89. The Hall–Kier alpha value is -2.30. The summed E-state index contributed by atoms with van der Waals surface area (Å²) in [7, 11) is -0.0275. The summed E-state index contributed by atoms with van der Waals surface area (Å²) >= 11 is 0. The van der Waals surface area contributed by atoms with E-state index in [4.69, 9.17) is 0 Å². The van der Waals surface area contributed by atoms with Gasteiger partial charge in [0.15, 0.2) is 5.82 Å². The zero-order valence-corrected chi connectivity index (χ0v) is 18.0. The van der Waals surface area contributed by atoms with E-state index >= 15 is 0 Å². The fourth-order valence-electron chi connectivity index (χ4n) is 3.52. The van der Waals surface area contributed by atoms with Crippen LogP contribution in [0.3, 0.4) is 0 Å². The monoisotopic (exact) mass is 420 g/mol. The Labute approximate surface area is 171 Å². The molecule has 3 rings (SSSR count). The molecule has 29 heavy (non-hydrogen) atoms. The van der Waals surface area contributed by atoms with Crippen LogP contribution < -0.4 is 5.32 Å². The molecule has 0 bridgehead atoms. The molecule has 2 atom stereocenters. The minimum atomic E-state index is -3.65. The van der Waals surface area contributed by atoms with Crippen LogP contribution in [0.2, 0.25) is 0 Å². The number of nitrogens with one attached hydrogen (secondary N) is 2. The number of piperidine rings is 1. The minimum absolute atomic E-state index is 0.157. The second-order valence-corrected chi connectivity index (χ2v) is 9.70. The van der Waals surface area contributed by atoms with Gasteiger partial charge >= 0.3 is 0 Å². The fraction of sp³-hybridized carbons (Fsp3) is 0.526. The Kier molecular flexibility index (Phi) is 6.35. The van der Waals surface area contributed by atoms with Gasteiger partial charge in [-0.15, -0.1) is 0 Å². The van der Waals surface area contributed by atoms with Crippen LogP contribution in [0.25, 0.3) is 0 Å². The lowest BCUT2D eigenvalue weighted by molar-refractivity contribution is -0.122. The van der Waals surface area contributed by atoms with Crippen molar-refractivity contribution in [3.05, 3.63) is 41.5 Å². The Morgan fingerprint density at radius 1 is 1.28 bits per heavy atom. The second-order valence-electron chi connectivity index (χ2n) is 7.76. The Morgan fingerprint density at radius 3 is 2.55 bits per heavy atom. The number of H-pyrrole nitrogens is 1. The molecule has 2 aromatic rings. The zero-order valence-electron chi connectivity index (χ0n) is 17.2. The number of benzene rings is 1. The normalized spacial score (nSPS) is 20.7. The van der Waals surface area contributed by atoms with Gasteiger partial charge in [-0.3, -0.25) is 9.89 Å². The standard InChI is InChI=1S/C19H28N6O3S/c1-13-5-7-15(8-6-13)29(27,28)25-10-9-16(19-20-14(2)22-23-19)17(11-25)21-18(26)12-24(3)4/h5-8,16-17H,9-12H2,1-4H3,(H,21,26)(H,20,22,23)/t16-,17+/m0/s1. The first-order valence-corrected chi connectivity index (χ1v) is 11.0. The SMILES string of the molecule is Cc1ccc(S(=O)(=O)N2CC[C@H](c3n[nH]c(C)n3)[C@H](NC(=O)CN(C)C)C2)cc1. The van der Waals surface area contributed by atoms with Gasteiger partial charge in [-0.25, -0.2) is 13.4 Å². The molecule has 1 aromatic carbocycles. The molecule has 10 heteroatoms. The number of aromatic nitrogens is 3. The van der Waals surface area contributed by atoms with Crippen molar-refractivity contribution >= 4 is 15.9 Å². The second kappa shape index (κ2) is 8.60. The lowest BCUT2D eigenvalue weighted by atomic mass is 9.92. The van der Waals surface area contributed by atoms with Crippen molar-refractivity contribution in [3.63, 3.8) is 0 Å². The van der Waals surface area contributed by atoms with Crippen molar-refractivity contribution in [2.75, 3.05) is 33.7 Å². The van der Waals surface area contributed by atoms with Gasteiger partial charge in [-0.05, 0) is 46.5 Å². The van der Waals surface area contributed by atoms with Crippen LogP contribution in [0.1, 0.15) is 29.6 Å². The highest BCUT2D eigenvalue weighted by Crippen LogP contribution is 2.29. The molecule has 2 heterocycles. The molecular formula is C19H28N6O3S. The number of sulfonamides is 1. The van der Waals surface area contributed by atoms with Gasteiger partial charge in [0.1, 0.15) is 5.82 Å². The van der Waals surface area contributed by atoms with Gasteiger partial charge in [0.05, 0.1) is 17.5 Å². The van der Waals surface area contributed by atoms with E-state index in [0.29, 0.717) is 24.6 Å². The van der Waals surface area contributed by atoms with Crippen LogP contribution in [-0.2, 0) is 14.8 Å². The Morgan fingerprint density at radius 2 is 1.97 bits per heavy atom. The van der Waals surface area contributed by atoms with Gasteiger partial charge in [-0.1, -0.05) is 17.7 Å². The van der Waals surface area contributed by atoms with E-state index in [9.17, 15) is 13.2 Å². The van der Waals surface area contributed by atoms with E-state index in [0.717, 1.165) is 5.56 Å². The lowest BCUT2D eigenvalue weighted by Crippen LogP contribution is -2.54. The first kappa shape index (κ1) is 21.4. The molecule has 0 spiro atoms. The largest absolute Gasteiger partial charge is 0.350 e. The highest BCUT2D eigenvalue weighted by Gasteiger charge is 2.38. The molecule has 158 valence electrons. The molecule has 9 nitrogen and oxygen atoms in total. The number of likely N-dealkylation sites (N-methyl/N-ethyl adjacent to an activating group) is 1. The van der Waals surface area contributed by atoms with Crippen molar-refractivity contribution in [2.45, 2.75) is 37.1 Å². The summed E-state index contributed by atoms with van der Waals surface area (Å²) in [6.45, 7) is 4.47. The minimum Gasteiger partial charge on any atom is -0.350 e. The Balaban J connectivity index is 1.84. The summed E-state index contributed by atoms with van der Waals surface area (Å²) in [6, 6.07) is 6.40. The molecule has 1 aliphatic rings. The number of aryl methyl sites for hydroxylation is 2. The number of amides is 1. The molecule has 0 aliphatic carbocycles. The summed E-state index contributed by atoms with van der Waals surface area (Å²) in [5.41, 5.74) is 0.997. The van der Waals surface area contributed by atoms with Crippen molar-refractivity contribution in [1.82, 2.24) is 29.7 Å². The zero-order chi connectivity index (χ0) is 21.2. The number of nitrogens with zero attached hydrogens (tertiary/aromatic N) is 4. The molecule has 1 fully saturated rings. The predicted molar refractivity (Wildman–Crippen MR) is 109 cm³/mol. The van der Waals surface area contributed by atoms with Gasteiger partial charge in [0.2, 0.25) is 15.9 Å². The molecule has 1 aliphatic heterocycles. The number of hydrogen-bond acceptors (Lipinski definition) is 6.